The normalized spacial score (nSPS) is 11.3. The highest BCUT2D eigenvalue weighted by atomic mass is 16.6. The second kappa shape index (κ2) is 6.48. The number of aliphatic imine (C=N–C) groups is 1. The van der Waals surface area contributed by atoms with Crippen LogP contribution < -0.4 is 4.74 Å². The predicted octanol–water partition coefficient (Wildman–Crippen LogP) is 2.94. The van der Waals surface area contributed by atoms with Crippen LogP contribution in [0, 0.1) is 10.1 Å². The Hall–Kier alpha value is -2.44. The lowest BCUT2D eigenvalue weighted by Crippen LogP contribution is -2.12. The van der Waals surface area contributed by atoms with Crippen molar-refractivity contribution in [2.75, 3.05) is 0 Å². The Balaban J connectivity index is 2.64. The number of hydrogen-bond acceptors (Lipinski definition) is 5. The predicted molar refractivity (Wildman–Crippen MR) is 68.5 cm³/mol. The number of carbonyl (C=O) groups is 1. The van der Waals surface area contributed by atoms with Gasteiger partial charge in [-0.05, 0) is 26.0 Å². The van der Waals surface area contributed by atoms with Crippen molar-refractivity contribution in [1.82, 2.24) is 0 Å². The van der Waals surface area contributed by atoms with Gasteiger partial charge in [0.15, 0.2) is 5.90 Å². The number of rotatable bonds is 3. The molecule has 0 N–H and O–H groups in total. The summed E-state index contributed by atoms with van der Waals surface area (Å²) >= 11 is 0. The van der Waals surface area contributed by atoms with Gasteiger partial charge in [-0.15, -0.1) is 4.99 Å². The molecule has 0 aromatic heterocycles. The summed E-state index contributed by atoms with van der Waals surface area (Å²) in [6.07, 6.45) is -0.928. The minimum atomic E-state index is -0.841. The van der Waals surface area contributed by atoms with Crippen molar-refractivity contribution in [3.8, 4) is 5.75 Å². The minimum Gasteiger partial charge on any atom is -0.478 e. The van der Waals surface area contributed by atoms with E-state index in [2.05, 4.69) is 4.99 Å². The third kappa shape index (κ3) is 5.15. The molecule has 1 amide bonds. The molecule has 7 heteroatoms. The maximum absolute atomic E-state index is 11.4. The van der Waals surface area contributed by atoms with Crippen LogP contribution >= 0.6 is 0 Å². The van der Waals surface area contributed by atoms with Gasteiger partial charge in [0.1, 0.15) is 5.75 Å². The van der Waals surface area contributed by atoms with Crippen LogP contribution in [-0.2, 0) is 4.74 Å². The van der Waals surface area contributed by atoms with Gasteiger partial charge in [-0.3, -0.25) is 10.1 Å². The molecule has 0 aliphatic carbocycles. The number of nitro benzene ring substituents is 1. The Morgan fingerprint density at radius 2 is 1.89 bits per heavy atom. The van der Waals surface area contributed by atoms with E-state index in [4.69, 9.17) is 9.47 Å². The van der Waals surface area contributed by atoms with Crippen molar-refractivity contribution in [2.45, 2.75) is 26.9 Å². The molecule has 7 nitrogen and oxygen atoms in total. The molecular weight excluding hydrogens is 252 g/mol. The molecule has 0 fully saturated rings. The Bertz CT molecular complexity index is 493. The van der Waals surface area contributed by atoms with E-state index in [1.54, 1.807) is 13.8 Å². The third-order valence-corrected chi connectivity index (χ3v) is 1.91. The zero-order valence-corrected chi connectivity index (χ0v) is 10.8. The second-order valence-electron chi connectivity index (χ2n) is 3.92. The summed E-state index contributed by atoms with van der Waals surface area (Å²) in [5.74, 6) is 0.374. The van der Waals surface area contributed by atoms with Gasteiger partial charge in [0, 0.05) is 19.1 Å². The standard InChI is InChI=1S/C12H14N2O5/c1-8(2)18-9(3)13-12(15)19-11-6-4-10(5-7-11)14(16)17/h4-8H,1-3H3/b13-9+. The van der Waals surface area contributed by atoms with Crippen LogP contribution in [0.3, 0.4) is 0 Å². The molecule has 0 atom stereocenters. The number of nitro groups is 1. The van der Waals surface area contributed by atoms with Crippen LogP contribution in [0.2, 0.25) is 0 Å². The maximum Gasteiger partial charge on any atom is 0.442 e. The quantitative estimate of drug-likeness (QED) is 0.363. The molecule has 0 unspecified atom stereocenters. The average molecular weight is 266 g/mol. The molecule has 1 aromatic rings. The van der Waals surface area contributed by atoms with Crippen molar-refractivity contribution >= 4 is 17.7 Å². The Labute approximate surface area is 110 Å². The van der Waals surface area contributed by atoms with Gasteiger partial charge < -0.3 is 9.47 Å². The summed E-state index contributed by atoms with van der Waals surface area (Å²) in [5.41, 5.74) is -0.0809. The molecule has 19 heavy (non-hydrogen) atoms. The van der Waals surface area contributed by atoms with Crippen molar-refractivity contribution < 1.29 is 19.2 Å². The Morgan fingerprint density at radius 3 is 2.37 bits per heavy atom. The van der Waals surface area contributed by atoms with Gasteiger partial charge in [0.2, 0.25) is 0 Å². The largest absolute Gasteiger partial charge is 0.478 e. The van der Waals surface area contributed by atoms with E-state index in [1.807, 2.05) is 0 Å². The molecule has 0 spiro atoms. The first-order chi connectivity index (χ1) is 8.88. The van der Waals surface area contributed by atoms with Gasteiger partial charge in [-0.25, -0.2) is 4.79 Å². The number of nitrogens with zero attached hydrogens (tertiary/aromatic N) is 2. The molecule has 0 radical (unpaired) electrons. The Kier molecular flexibility index (Phi) is 4.99. The van der Waals surface area contributed by atoms with Crippen LogP contribution in [0.5, 0.6) is 5.75 Å². The van der Waals surface area contributed by atoms with Gasteiger partial charge >= 0.3 is 6.09 Å². The minimum absolute atomic E-state index is 0.0809. The second-order valence-corrected chi connectivity index (χ2v) is 3.92. The first-order valence-corrected chi connectivity index (χ1v) is 5.56. The number of amides is 1. The first kappa shape index (κ1) is 14.6. The highest BCUT2D eigenvalue weighted by Crippen LogP contribution is 2.17. The summed E-state index contributed by atoms with van der Waals surface area (Å²) in [5, 5.41) is 10.4. The van der Waals surface area contributed by atoms with Crippen molar-refractivity contribution in [1.29, 1.82) is 0 Å². The number of hydrogen-bond donors (Lipinski definition) is 0. The van der Waals surface area contributed by atoms with Crippen molar-refractivity contribution in [3.63, 3.8) is 0 Å². The fraction of sp³-hybridized carbons (Fsp3) is 0.333. The molecular formula is C12H14N2O5. The van der Waals surface area contributed by atoms with Crippen LogP contribution in [0.25, 0.3) is 0 Å². The van der Waals surface area contributed by atoms with E-state index in [1.165, 1.54) is 31.2 Å². The SMILES string of the molecule is C/C(=N\C(=O)Oc1ccc([N+](=O)[O-])cc1)OC(C)C. The van der Waals surface area contributed by atoms with Crippen molar-refractivity contribution in [2.24, 2.45) is 4.99 Å². The zero-order chi connectivity index (χ0) is 14.4. The maximum atomic E-state index is 11.4. The summed E-state index contributed by atoms with van der Waals surface area (Å²) in [7, 11) is 0. The fourth-order valence-electron chi connectivity index (χ4n) is 1.26. The van der Waals surface area contributed by atoms with E-state index in [-0.39, 0.29) is 23.4 Å². The zero-order valence-electron chi connectivity index (χ0n) is 10.8. The third-order valence-electron chi connectivity index (χ3n) is 1.91. The number of ether oxygens (including phenoxy) is 2. The summed E-state index contributed by atoms with van der Waals surface area (Å²) in [4.78, 5) is 24.9. The summed E-state index contributed by atoms with van der Waals surface area (Å²) in [6.45, 7) is 5.15. The van der Waals surface area contributed by atoms with Crippen LogP contribution in [0.1, 0.15) is 20.8 Å². The van der Waals surface area contributed by atoms with Crippen LogP contribution in [0.4, 0.5) is 10.5 Å². The van der Waals surface area contributed by atoms with Crippen LogP contribution in [-0.4, -0.2) is 23.0 Å². The highest BCUT2D eigenvalue weighted by molar-refractivity contribution is 5.87. The number of non-ortho nitro benzene ring substituents is 1. The molecule has 0 aliphatic heterocycles. The van der Waals surface area contributed by atoms with Crippen LogP contribution in [0.15, 0.2) is 29.3 Å². The molecule has 0 saturated heterocycles. The monoisotopic (exact) mass is 266 g/mol. The van der Waals surface area contributed by atoms with Gasteiger partial charge in [-0.2, -0.15) is 0 Å². The van der Waals surface area contributed by atoms with Crippen molar-refractivity contribution in [3.05, 3.63) is 34.4 Å². The van der Waals surface area contributed by atoms with Gasteiger partial charge in [-0.1, -0.05) is 0 Å². The smallest absolute Gasteiger partial charge is 0.442 e. The van der Waals surface area contributed by atoms with E-state index in [0.717, 1.165) is 0 Å². The summed E-state index contributed by atoms with van der Waals surface area (Å²) in [6, 6.07) is 5.13. The lowest BCUT2D eigenvalue weighted by Gasteiger charge is -2.07. The lowest BCUT2D eigenvalue weighted by atomic mass is 10.3. The molecule has 1 aromatic carbocycles. The lowest BCUT2D eigenvalue weighted by molar-refractivity contribution is -0.384. The fourth-order valence-corrected chi connectivity index (χ4v) is 1.26. The molecule has 0 heterocycles. The number of benzene rings is 1. The summed E-state index contributed by atoms with van der Waals surface area (Å²) < 4.78 is 10.0. The van der Waals surface area contributed by atoms with Gasteiger partial charge in [0.05, 0.1) is 11.0 Å². The Morgan fingerprint density at radius 1 is 1.32 bits per heavy atom. The highest BCUT2D eigenvalue weighted by Gasteiger charge is 2.08. The molecule has 0 aliphatic rings. The molecule has 0 saturated carbocycles. The topological polar surface area (TPSA) is 91.0 Å². The van der Waals surface area contributed by atoms with E-state index >= 15 is 0 Å². The molecule has 0 bridgehead atoms. The van der Waals surface area contributed by atoms with E-state index < -0.39 is 11.0 Å². The number of carbonyl (C=O) groups excluding carboxylic acids is 1. The molecule has 1 rings (SSSR count). The van der Waals surface area contributed by atoms with Gasteiger partial charge in [0.25, 0.3) is 5.69 Å². The van der Waals surface area contributed by atoms with E-state index in [0.29, 0.717) is 0 Å². The first-order valence-electron chi connectivity index (χ1n) is 5.56. The van der Waals surface area contributed by atoms with E-state index in [9.17, 15) is 14.9 Å². The average Bonchev–Trinajstić information content (AvgIpc) is 2.27. The molecule has 102 valence electrons.